The molecule has 16 heavy (non-hydrogen) atoms. The number of hydrogen-bond donors (Lipinski definition) is 0. The van der Waals surface area contributed by atoms with Crippen LogP contribution in [0.4, 0.5) is 0 Å². The van der Waals surface area contributed by atoms with Crippen molar-refractivity contribution >= 4 is 11.7 Å². The van der Waals surface area contributed by atoms with Crippen molar-refractivity contribution in [2.75, 3.05) is 13.1 Å². The molecule has 0 saturated carbocycles. The molecule has 3 heteroatoms. The van der Waals surface area contributed by atoms with Gasteiger partial charge in [0.25, 0.3) is 0 Å². The average Bonchev–Trinajstić information content (AvgIpc) is 2.30. The molecular weight excluding hydrogens is 202 g/mol. The first kappa shape index (κ1) is 13.2. The third-order valence-electron chi connectivity index (χ3n) is 3.36. The third kappa shape index (κ3) is 3.62. The van der Waals surface area contributed by atoms with E-state index in [0.29, 0.717) is 31.7 Å². The second-order valence-corrected chi connectivity index (χ2v) is 4.62. The molecule has 0 radical (unpaired) electrons. The van der Waals surface area contributed by atoms with E-state index >= 15 is 0 Å². The van der Waals surface area contributed by atoms with Crippen LogP contribution in [0.3, 0.4) is 0 Å². The Kier molecular flexibility index (Phi) is 5.50. The smallest absolute Gasteiger partial charge is 0.222 e. The summed E-state index contributed by atoms with van der Waals surface area (Å²) in [7, 11) is 0. The van der Waals surface area contributed by atoms with Crippen molar-refractivity contribution < 1.29 is 9.59 Å². The van der Waals surface area contributed by atoms with Gasteiger partial charge in [-0.25, -0.2) is 0 Å². The molecule has 1 aliphatic heterocycles. The molecule has 0 aromatic heterocycles. The fraction of sp³-hybridized carbons (Fsp3) is 0.846. The predicted octanol–water partition coefficient (Wildman–Crippen LogP) is 2.39. The topological polar surface area (TPSA) is 37.4 Å². The molecule has 1 saturated heterocycles. The number of unbranched alkanes of at least 4 members (excludes halogenated alkanes) is 2. The van der Waals surface area contributed by atoms with Gasteiger partial charge in [0, 0.05) is 31.8 Å². The van der Waals surface area contributed by atoms with Crippen LogP contribution in [0.15, 0.2) is 0 Å². The van der Waals surface area contributed by atoms with E-state index in [1.807, 2.05) is 11.8 Å². The minimum Gasteiger partial charge on any atom is -0.342 e. The van der Waals surface area contributed by atoms with Gasteiger partial charge in [0.1, 0.15) is 5.78 Å². The molecule has 1 heterocycles. The third-order valence-corrected chi connectivity index (χ3v) is 3.36. The highest BCUT2D eigenvalue weighted by atomic mass is 16.2. The lowest BCUT2D eigenvalue weighted by atomic mass is 9.94. The lowest BCUT2D eigenvalue weighted by Gasteiger charge is -2.31. The normalized spacial score (nSPS) is 21.2. The Labute approximate surface area is 98.2 Å². The van der Waals surface area contributed by atoms with Crippen molar-refractivity contribution in [3.05, 3.63) is 0 Å². The van der Waals surface area contributed by atoms with Crippen LogP contribution in [-0.4, -0.2) is 29.7 Å². The SMILES string of the molecule is CCCCCC(=O)N1CCC(=O)C(CC)C1. The monoisotopic (exact) mass is 225 g/mol. The van der Waals surface area contributed by atoms with E-state index in [1.165, 1.54) is 0 Å². The minimum atomic E-state index is 0.0869. The molecule has 1 rings (SSSR count). The second kappa shape index (κ2) is 6.66. The van der Waals surface area contributed by atoms with Crippen molar-refractivity contribution in [3.63, 3.8) is 0 Å². The highest BCUT2D eigenvalue weighted by Crippen LogP contribution is 2.17. The maximum atomic E-state index is 11.9. The molecule has 0 aromatic rings. The molecule has 0 N–H and O–H groups in total. The number of amides is 1. The van der Waals surface area contributed by atoms with Crippen LogP contribution in [0.25, 0.3) is 0 Å². The molecule has 92 valence electrons. The van der Waals surface area contributed by atoms with Gasteiger partial charge in [-0.2, -0.15) is 0 Å². The zero-order chi connectivity index (χ0) is 12.0. The van der Waals surface area contributed by atoms with Gasteiger partial charge in [0.15, 0.2) is 0 Å². The summed E-state index contributed by atoms with van der Waals surface area (Å²) >= 11 is 0. The van der Waals surface area contributed by atoms with Crippen LogP contribution in [-0.2, 0) is 9.59 Å². The minimum absolute atomic E-state index is 0.0869. The van der Waals surface area contributed by atoms with Gasteiger partial charge in [-0.15, -0.1) is 0 Å². The number of carbonyl (C=O) groups is 2. The molecule has 1 fully saturated rings. The summed E-state index contributed by atoms with van der Waals surface area (Å²) in [5.74, 6) is 0.656. The van der Waals surface area contributed by atoms with Gasteiger partial charge >= 0.3 is 0 Å². The number of likely N-dealkylation sites (tertiary alicyclic amines) is 1. The van der Waals surface area contributed by atoms with Crippen molar-refractivity contribution in [3.8, 4) is 0 Å². The van der Waals surface area contributed by atoms with E-state index in [4.69, 9.17) is 0 Å². The van der Waals surface area contributed by atoms with Crippen LogP contribution in [0.1, 0.15) is 52.4 Å². The van der Waals surface area contributed by atoms with E-state index in [-0.39, 0.29) is 11.8 Å². The lowest BCUT2D eigenvalue weighted by molar-refractivity contribution is -0.137. The lowest BCUT2D eigenvalue weighted by Crippen LogP contribution is -2.43. The largest absolute Gasteiger partial charge is 0.342 e. The molecule has 1 aliphatic rings. The Balaban J connectivity index is 2.36. The zero-order valence-electron chi connectivity index (χ0n) is 10.5. The van der Waals surface area contributed by atoms with Gasteiger partial charge < -0.3 is 4.90 Å². The Morgan fingerprint density at radius 2 is 2.12 bits per heavy atom. The number of piperidine rings is 1. The molecule has 0 spiro atoms. The second-order valence-electron chi connectivity index (χ2n) is 4.62. The Bertz CT molecular complexity index is 250. The summed E-state index contributed by atoms with van der Waals surface area (Å²) in [6.45, 7) is 5.45. The maximum absolute atomic E-state index is 11.9. The summed E-state index contributed by atoms with van der Waals surface area (Å²) in [6.07, 6.45) is 5.31. The molecule has 1 atom stereocenters. The van der Waals surface area contributed by atoms with Gasteiger partial charge in [-0.3, -0.25) is 9.59 Å². The first-order valence-corrected chi connectivity index (χ1v) is 6.49. The summed E-state index contributed by atoms with van der Waals surface area (Å²) in [5, 5.41) is 0. The maximum Gasteiger partial charge on any atom is 0.222 e. The van der Waals surface area contributed by atoms with Crippen molar-refractivity contribution in [1.29, 1.82) is 0 Å². The van der Waals surface area contributed by atoms with E-state index in [0.717, 1.165) is 25.7 Å². The van der Waals surface area contributed by atoms with Crippen molar-refractivity contribution in [1.82, 2.24) is 4.90 Å². The standard InChI is InChI=1S/C13H23NO2/c1-3-5-6-7-13(16)14-9-8-12(15)11(4-2)10-14/h11H,3-10H2,1-2H3. The molecule has 3 nitrogen and oxygen atoms in total. The number of Topliss-reactive ketones (excluding diaryl/α,β-unsaturated/α-hetero) is 1. The van der Waals surface area contributed by atoms with Crippen LogP contribution in [0, 0.1) is 5.92 Å². The summed E-state index contributed by atoms with van der Waals surface area (Å²) < 4.78 is 0. The van der Waals surface area contributed by atoms with Crippen LogP contribution in [0.2, 0.25) is 0 Å². The summed E-state index contributed by atoms with van der Waals surface area (Å²) in [6, 6.07) is 0. The summed E-state index contributed by atoms with van der Waals surface area (Å²) in [5.41, 5.74) is 0. The fourth-order valence-electron chi connectivity index (χ4n) is 2.18. The number of nitrogens with zero attached hydrogens (tertiary/aromatic N) is 1. The van der Waals surface area contributed by atoms with E-state index in [1.54, 1.807) is 0 Å². The summed E-state index contributed by atoms with van der Waals surface area (Å²) in [4.78, 5) is 25.3. The van der Waals surface area contributed by atoms with Gasteiger partial charge in [0.2, 0.25) is 5.91 Å². The number of hydrogen-bond acceptors (Lipinski definition) is 2. The quantitative estimate of drug-likeness (QED) is 0.674. The van der Waals surface area contributed by atoms with Crippen LogP contribution < -0.4 is 0 Å². The highest BCUT2D eigenvalue weighted by molar-refractivity contribution is 5.85. The van der Waals surface area contributed by atoms with Crippen molar-refractivity contribution in [2.45, 2.75) is 52.4 Å². The van der Waals surface area contributed by atoms with E-state index in [9.17, 15) is 9.59 Å². The number of rotatable bonds is 5. The van der Waals surface area contributed by atoms with E-state index in [2.05, 4.69) is 6.92 Å². The molecule has 0 bridgehead atoms. The number of ketones is 1. The fourth-order valence-corrected chi connectivity index (χ4v) is 2.18. The molecule has 0 aliphatic carbocycles. The van der Waals surface area contributed by atoms with E-state index < -0.39 is 0 Å². The first-order chi connectivity index (χ1) is 7.69. The van der Waals surface area contributed by atoms with Gasteiger partial charge in [-0.1, -0.05) is 26.7 Å². The zero-order valence-corrected chi connectivity index (χ0v) is 10.5. The van der Waals surface area contributed by atoms with Crippen LogP contribution >= 0.6 is 0 Å². The Hall–Kier alpha value is -0.860. The Morgan fingerprint density at radius 3 is 2.75 bits per heavy atom. The van der Waals surface area contributed by atoms with Crippen LogP contribution in [0.5, 0.6) is 0 Å². The van der Waals surface area contributed by atoms with Crippen molar-refractivity contribution in [2.24, 2.45) is 5.92 Å². The van der Waals surface area contributed by atoms with Gasteiger partial charge in [0.05, 0.1) is 0 Å². The first-order valence-electron chi connectivity index (χ1n) is 6.49. The Morgan fingerprint density at radius 1 is 1.38 bits per heavy atom. The predicted molar refractivity (Wildman–Crippen MR) is 64.1 cm³/mol. The van der Waals surface area contributed by atoms with Gasteiger partial charge in [-0.05, 0) is 12.8 Å². The molecule has 1 amide bonds. The molecule has 0 aromatic carbocycles. The highest BCUT2D eigenvalue weighted by Gasteiger charge is 2.27. The molecular formula is C13H23NO2. The average molecular weight is 225 g/mol. The number of carbonyl (C=O) groups excluding carboxylic acids is 2. The molecule has 1 unspecified atom stereocenters.